The number of thiophene rings is 1. The minimum atomic E-state index is -0.190. The SMILES string of the molecule is O=C(Nc1ccc(Cl)cc1Br)c1ccc(Cl)s1. The highest BCUT2D eigenvalue weighted by Crippen LogP contribution is 2.27. The van der Waals surface area contributed by atoms with Gasteiger partial charge in [-0.05, 0) is 46.3 Å². The van der Waals surface area contributed by atoms with E-state index < -0.39 is 0 Å². The highest BCUT2D eigenvalue weighted by atomic mass is 79.9. The Bertz CT molecular complexity index is 570. The molecule has 0 radical (unpaired) electrons. The number of rotatable bonds is 2. The molecule has 1 aromatic carbocycles. The van der Waals surface area contributed by atoms with Crippen LogP contribution in [0.1, 0.15) is 9.67 Å². The zero-order valence-electron chi connectivity index (χ0n) is 8.34. The Kier molecular flexibility index (Phi) is 4.09. The molecule has 88 valence electrons. The third-order valence-electron chi connectivity index (χ3n) is 1.98. The van der Waals surface area contributed by atoms with Gasteiger partial charge in [0.1, 0.15) is 0 Å². The summed E-state index contributed by atoms with van der Waals surface area (Å²) in [5, 5.41) is 3.38. The van der Waals surface area contributed by atoms with Crippen LogP contribution in [0.4, 0.5) is 5.69 Å². The Morgan fingerprint density at radius 2 is 2.00 bits per heavy atom. The van der Waals surface area contributed by atoms with Crippen molar-refractivity contribution in [3.63, 3.8) is 0 Å². The second-order valence-electron chi connectivity index (χ2n) is 3.18. The summed E-state index contributed by atoms with van der Waals surface area (Å²) in [4.78, 5) is 12.4. The van der Waals surface area contributed by atoms with Crippen LogP contribution in [0.25, 0.3) is 0 Å². The lowest BCUT2D eigenvalue weighted by Gasteiger charge is -2.06. The molecule has 0 saturated heterocycles. The maximum absolute atomic E-state index is 11.9. The second-order valence-corrected chi connectivity index (χ2v) is 6.19. The molecule has 0 unspecified atom stereocenters. The van der Waals surface area contributed by atoms with Crippen LogP contribution in [0.5, 0.6) is 0 Å². The van der Waals surface area contributed by atoms with Gasteiger partial charge in [0.05, 0.1) is 14.9 Å². The summed E-state index contributed by atoms with van der Waals surface area (Å²) in [6, 6.07) is 8.55. The van der Waals surface area contributed by atoms with E-state index in [2.05, 4.69) is 21.2 Å². The van der Waals surface area contributed by atoms with E-state index in [9.17, 15) is 4.79 Å². The maximum atomic E-state index is 11.9. The molecule has 0 spiro atoms. The molecule has 1 amide bonds. The van der Waals surface area contributed by atoms with Gasteiger partial charge in [0.15, 0.2) is 0 Å². The average Bonchev–Trinajstić information content (AvgIpc) is 2.69. The summed E-state index contributed by atoms with van der Waals surface area (Å²) in [6.45, 7) is 0. The predicted molar refractivity (Wildman–Crippen MR) is 76.4 cm³/mol. The smallest absolute Gasteiger partial charge is 0.265 e. The van der Waals surface area contributed by atoms with Gasteiger partial charge in [0.2, 0.25) is 0 Å². The van der Waals surface area contributed by atoms with Crippen molar-refractivity contribution in [2.45, 2.75) is 0 Å². The second kappa shape index (κ2) is 5.40. The number of halogens is 3. The van der Waals surface area contributed by atoms with Crippen molar-refractivity contribution in [1.29, 1.82) is 0 Å². The first-order chi connectivity index (χ1) is 8.06. The van der Waals surface area contributed by atoms with E-state index in [1.165, 1.54) is 11.3 Å². The third kappa shape index (κ3) is 3.22. The van der Waals surface area contributed by atoms with Crippen molar-refractivity contribution < 1.29 is 4.79 Å². The van der Waals surface area contributed by atoms with E-state index in [0.717, 1.165) is 4.47 Å². The maximum Gasteiger partial charge on any atom is 0.265 e. The van der Waals surface area contributed by atoms with Crippen molar-refractivity contribution in [2.75, 3.05) is 5.32 Å². The number of amides is 1. The van der Waals surface area contributed by atoms with Crippen molar-refractivity contribution in [3.8, 4) is 0 Å². The van der Waals surface area contributed by atoms with Crippen LogP contribution in [-0.4, -0.2) is 5.91 Å². The average molecular weight is 351 g/mol. The molecular formula is C11H6BrCl2NOS. The zero-order valence-corrected chi connectivity index (χ0v) is 12.3. The third-order valence-corrected chi connectivity index (χ3v) is 4.10. The molecule has 0 fully saturated rings. The number of carbonyl (C=O) groups excluding carboxylic acids is 1. The lowest BCUT2D eigenvalue weighted by atomic mass is 10.3. The van der Waals surface area contributed by atoms with Crippen molar-refractivity contribution in [1.82, 2.24) is 0 Å². The van der Waals surface area contributed by atoms with E-state index in [0.29, 0.717) is 19.9 Å². The van der Waals surface area contributed by atoms with Crippen molar-refractivity contribution in [2.24, 2.45) is 0 Å². The van der Waals surface area contributed by atoms with Crippen LogP contribution in [-0.2, 0) is 0 Å². The molecule has 6 heteroatoms. The Hall–Kier alpha value is -0.550. The topological polar surface area (TPSA) is 29.1 Å². The quantitative estimate of drug-likeness (QED) is 0.804. The normalized spacial score (nSPS) is 10.3. The van der Waals surface area contributed by atoms with Crippen LogP contribution < -0.4 is 5.32 Å². The number of carbonyl (C=O) groups is 1. The van der Waals surface area contributed by atoms with Gasteiger partial charge in [-0.25, -0.2) is 0 Å². The fourth-order valence-electron chi connectivity index (χ4n) is 1.21. The molecule has 2 rings (SSSR count). The molecule has 1 aromatic heterocycles. The molecular weight excluding hydrogens is 345 g/mol. The largest absolute Gasteiger partial charge is 0.320 e. The van der Waals surface area contributed by atoms with E-state index in [-0.39, 0.29) is 5.91 Å². The molecule has 0 saturated carbocycles. The molecule has 0 aliphatic carbocycles. The van der Waals surface area contributed by atoms with Crippen molar-refractivity contribution in [3.05, 3.63) is 49.0 Å². The van der Waals surface area contributed by atoms with Gasteiger partial charge in [0, 0.05) is 9.50 Å². The number of hydrogen-bond donors (Lipinski definition) is 1. The number of anilines is 1. The zero-order chi connectivity index (χ0) is 12.4. The summed E-state index contributed by atoms with van der Waals surface area (Å²) >= 11 is 16.2. The van der Waals surface area contributed by atoms with E-state index in [1.54, 1.807) is 30.3 Å². The van der Waals surface area contributed by atoms with E-state index in [1.807, 2.05) is 0 Å². The summed E-state index contributed by atoms with van der Waals surface area (Å²) in [5.74, 6) is -0.190. The fourth-order valence-corrected chi connectivity index (χ4v) is 2.93. The van der Waals surface area contributed by atoms with Gasteiger partial charge in [-0.1, -0.05) is 23.2 Å². The number of hydrogen-bond acceptors (Lipinski definition) is 2. The Labute approximate surface area is 121 Å². The molecule has 0 aliphatic heterocycles. The molecule has 17 heavy (non-hydrogen) atoms. The summed E-state index contributed by atoms with van der Waals surface area (Å²) in [6.07, 6.45) is 0. The van der Waals surface area contributed by atoms with Crippen LogP contribution in [0.15, 0.2) is 34.8 Å². The van der Waals surface area contributed by atoms with Crippen molar-refractivity contribution >= 4 is 62.1 Å². The van der Waals surface area contributed by atoms with Gasteiger partial charge in [-0.2, -0.15) is 0 Å². The van der Waals surface area contributed by atoms with Crippen LogP contribution >= 0.6 is 50.5 Å². The molecule has 0 atom stereocenters. The molecule has 1 heterocycles. The first kappa shape index (κ1) is 12.9. The van der Waals surface area contributed by atoms with Crippen LogP contribution in [0.2, 0.25) is 9.36 Å². The Balaban J connectivity index is 2.18. The van der Waals surface area contributed by atoms with Gasteiger partial charge in [0.25, 0.3) is 5.91 Å². The van der Waals surface area contributed by atoms with E-state index >= 15 is 0 Å². The minimum Gasteiger partial charge on any atom is -0.320 e. The lowest BCUT2D eigenvalue weighted by molar-refractivity contribution is 0.103. The van der Waals surface area contributed by atoms with Gasteiger partial charge >= 0.3 is 0 Å². The standard InChI is InChI=1S/C11H6BrCl2NOS/c12-7-5-6(13)1-2-8(7)15-11(16)9-3-4-10(14)17-9/h1-5H,(H,15,16). The monoisotopic (exact) mass is 349 g/mol. The highest BCUT2D eigenvalue weighted by Gasteiger charge is 2.10. The fraction of sp³-hybridized carbons (Fsp3) is 0. The highest BCUT2D eigenvalue weighted by molar-refractivity contribution is 9.10. The predicted octanol–water partition coefficient (Wildman–Crippen LogP) is 5.07. The number of nitrogens with one attached hydrogen (secondary N) is 1. The molecule has 0 aliphatic rings. The summed E-state index contributed by atoms with van der Waals surface area (Å²) in [5.41, 5.74) is 0.670. The van der Waals surface area contributed by atoms with Gasteiger partial charge < -0.3 is 5.32 Å². The minimum absolute atomic E-state index is 0.190. The molecule has 1 N–H and O–H groups in total. The Morgan fingerprint density at radius 3 is 2.59 bits per heavy atom. The number of benzene rings is 1. The lowest BCUT2D eigenvalue weighted by Crippen LogP contribution is -2.10. The molecule has 2 aromatic rings. The first-order valence-corrected chi connectivity index (χ1v) is 6.94. The molecule has 0 bridgehead atoms. The van der Waals surface area contributed by atoms with Gasteiger partial charge in [-0.3, -0.25) is 4.79 Å². The van der Waals surface area contributed by atoms with E-state index in [4.69, 9.17) is 23.2 Å². The summed E-state index contributed by atoms with van der Waals surface area (Å²) < 4.78 is 1.33. The van der Waals surface area contributed by atoms with Crippen LogP contribution in [0.3, 0.4) is 0 Å². The van der Waals surface area contributed by atoms with Crippen LogP contribution in [0, 0.1) is 0 Å². The Morgan fingerprint density at radius 1 is 1.24 bits per heavy atom. The first-order valence-electron chi connectivity index (χ1n) is 4.58. The summed E-state index contributed by atoms with van der Waals surface area (Å²) in [7, 11) is 0. The molecule has 2 nitrogen and oxygen atoms in total. The van der Waals surface area contributed by atoms with Gasteiger partial charge in [-0.15, -0.1) is 11.3 Å².